The maximum absolute atomic E-state index is 10.9. The van der Waals surface area contributed by atoms with E-state index in [1.807, 2.05) is 0 Å². The number of benzene rings is 1. The van der Waals surface area contributed by atoms with E-state index >= 15 is 0 Å². The van der Waals surface area contributed by atoms with Crippen molar-refractivity contribution in [1.29, 1.82) is 5.26 Å². The monoisotopic (exact) mass is 365 g/mol. The Hall–Kier alpha value is -3.31. The summed E-state index contributed by atoms with van der Waals surface area (Å²) in [6.07, 6.45) is 1.59. The van der Waals surface area contributed by atoms with Crippen LogP contribution in [0.15, 0.2) is 47.5 Å². The number of carbonyl (C=O) groups excluding carboxylic acids is 1. The predicted octanol–water partition coefficient (Wildman–Crippen LogP) is 2.96. The molecular formula is C18H15N5O2S. The average molecular weight is 365 g/mol. The third kappa shape index (κ3) is 3.53. The Morgan fingerprint density at radius 3 is 2.58 bits per heavy atom. The largest absolute Gasteiger partial charge is 0.493 e. The number of rotatable bonds is 4. The molecule has 3 aromatic rings. The standard InChI is InChI=1S/C18H15N5O2S/c1-11-17(14-5-3-13(9-19)4-6-14)18(25)23(21-11)16-8-7-15(10-20-16)26-22-12(2)24/h3-8,10,25H,1-2H3,(H,22,24). The van der Waals surface area contributed by atoms with Crippen LogP contribution in [-0.2, 0) is 4.79 Å². The summed E-state index contributed by atoms with van der Waals surface area (Å²) in [6, 6.07) is 12.5. The van der Waals surface area contributed by atoms with Gasteiger partial charge in [-0.3, -0.25) is 9.52 Å². The number of aromatic nitrogens is 3. The smallest absolute Gasteiger partial charge is 0.226 e. The Labute approximate surface area is 154 Å². The van der Waals surface area contributed by atoms with Gasteiger partial charge in [0.15, 0.2) is 5.82 Å². The van der Waals surface area contributed by atoms with Gasteiger partial charge in [-0.1, -0.05) is 12.1 Å². The van der Waals surface area contributed by atoms with E-state index in [0.29, 0.717) is 22.6 Å². The topological polar surface area (TPSA) is 104 Å². The molecule has 0 aliphatic carbocycles. The number of hydrogen-bond acceptors (Lipinski definition) is 6. The molecule has 3 rings (SSSR count). The fourth-order valence-corrected chi connectivity index (χ4v) is 2.92. The van der Waals surface area contributed by atoms with Crippen molar-refractivity contribution in [2.24, 2.45) is 0 Å². The number of aromatic hydroxyl groups is 1. The van der Waals surface area contributed by atoms with Crippen LogP contribution in [0.3, 0.4) is 0 Å². The van der Waals surface area contributed by atoms with E-state index in [0.717, 1.165) is 22.4 Å². The van der Waals surface area contributed by atoms with Crippen LogP contribution in [0.1, 0.15) is 18.2 Å². The van der Waals surface area contributed by atoms with Crippen LogP contribution < -0.4 is 4.72 Å². The SMILES string of the molecule is CC(=O)NSc1ccc(-n2nc(C)c(-c3ccc(C#N)cc3)c2O)nc1. The molecular weight excluding hydrogens is 350 g/mol. The molecule has 0 atom stereocenters. The van der Waals surface area contributed by atoms with Crippen molar-refractivity contribution >= 4 is 17.9 Å². The van der Waals surface area contributed by atoms with Crippen LogP contribution in [0, 0.1) is 18.3 Å². The highest BCUT2D eigenvalue weighted by molar-refractivity contribution is 7.98. The number of nitrogens with one attached hydrogen (secondary N) is 1. The minimum atomic E-state index is -0.147. The molecule has 0 aliphatic heterocycles. The van der Waals surface area contributed by atoms with Gasteiger partial charge < -0.3 is 5.11 Å². The van der Waals surface area contributed by atoms with Crippen LogP contribution in [0.25, 0.3) is 16.9 Å². The second kappa shape index (κ2) is 7.29. The summed E-state index contributed by atoms with van der Waals surface area (Å²) in [5.74, 6) is 0.283. The molecule has 0 fully saturated rings. The number of amides is 1. The van der Waals surface area contributed by atoms with E-state index < -0.39 is 0 Å². The van der Waals surface area contributed by atoms with Crippen LogP contribution in [-0.4, -0.2) is 25.8 Å². The fourth-order valence-electron chi connectivity index (χ4n) is 2.41. The summed E-state index contributed by atoms with van der Waals surface area (Å²) >= 11 is 1.16. The molecule has 2 N–H and O–H groups in total. The van der Waals surface area contributed by atoms with Crippen LogP contribution in [0.5, 0.6) is 5.88 Å². The molecule has 0 saturated heterocycles. The van der Waals surface area contributed by atoms with Crippen molar-refractivity contribution in [3.8, 4) is 28.9 Å². The van der Waals surface area contributed by atoms with Gasteiger partial charge in [0.2, 0.25) is 11.8 Å². The first-order chi connectivity index (χ1) is 12.5. The van der Waals surface area contributed by atoms with Crippen molar-refractivity contribution in [1.82, 2.24) is 19.5 Å². The first-order valence-electron chi connectivity index (χ1n) is 7.68. The zero-order valence-electron chi connectivity index (χ0n) is 14.1. The number of nitrogens with zero attached hydrogens (tertiary/aromatic N) is 4. The number of hydrogen-bond donors (Lipinski definition) is 2. The lowest BCUT2D eigenvalue weighted by atomic mass is 10.0. The maximum Gasteiger partial charge on any atom is 0.226 e. The molecule has 7 nitrogen and oxygen atoms in total. The normalized spacial score (nSPS) is 10.3. The van der Waals surface area contributed by atoms with Gasteiger partial charge in [0.25, 0.3) is 0 Å². The predicted molar refractivity (Wildman–Crippen MR) is 97.6 cm³/mol. The summed E-state index contributed by atoms with van der Waals surface area (Å²) in [5.41, 5.74) is 2.55. The molecule has 1 amide bonds. The molecule has 2 heterocycles. The van der Waals surface area contributed by atoms with Crippen molar-refractivity contribution < 1.29 is 9.90 Å². The Morgan fingerprint density at radius 1 is 1.27 bits per heavy atom. The van der Waals surface area contributed by atoms with Crippen LogP contribution in [0.4, 0.5) is 0 Å². The number of aryl methyl sites for hydroxylation is 1. The van der Waals surface area contributed by atoms with Crippen molar-refractivity contribution in [3.05, 3.63) is 53.9 Å². The van der Waals surface area contributed by atoms with E-state index in [1.165, 1.54) is 11.6 Å². The lowest BCUT2D eigenvalue weighted by Crippen LogP contribution is -2.09. The molecule has 130 valence electrons. The third-order valence-corrected chi connectivity index (χ3v) is 4.46. The Balaban J connectivity index is 1.92. The first-order valence-corrected chi connectivity index (χ1v) is 8.50. The Kier molecular flexibility index (Phi) is 4.91. The molecule has 8 heteroatoms. The number of carbonyl (C=O) groups is 1. The Morgan fingerprint density at radius 2 is 2.00 bits per heavy atom. The summed E-state index contributed by atoms with van der Waals surface area (Å²) in [5, 5.41) is 23.9. The molecule has 0 radical (unpaired) electrons. The zero-order valence-corrected chi connectivity index (χ0v) is 14.9. The molecule has 2 aromatic heterocycles. The van der Waals surface area contributed by atoms with E-state index in [2.05, 4.69) is 20.9 Å². The summed E-state index contributed by atoms with van der Waals surface area (Å²) in [6.45, 7) is 3.23. The number of nitriles is 1. The highest BCUT2D eigenvalue weighted by Gasteiger charge is 2.18. The molecule has 0 unspecified atom stereocenters. The molecule has 0 aliphatic rings. The molecule has 26 heavy (non-hydrogen) atoms. The van der Waals surface area contributed by atoms with Gasteiger partial charge in [0.05, 0.1) is 22.9 Å². The highest BCUT2D eigenvalue weighted by atomic mass is 32.2. The first kappa shape index (κ1) is 17.5. The van der Waals surface area contributed by atoms with Gasteiger partial charge in [0, 0.05) is 18.0 Å². The van der Waals surface area contributed by atoms with Crippen molar-refractivity contribution in [3.63, 3.8) is 0 Å². The van der Waals surface area contributed by atoms with E-state index in [1.54, 1.807) is 49.5 Å². The van der Waals surface area contributed by atoms with Gasteiger partial charge in [-0.25, -0.2) is 4.98 Å². The van der Waals surface area contributed by atoms with Gasteiger partial charge in [-0.2, -0.15) is 15.0 Å². The van der Waals surface area contributed by atoms with Crippen molar-refractivity contribution in [2.45, 2.75) is 18.7 Å². The molecule has 0 spiro atoms. The Bertz CT molecular complexity index is 988. The number of pyridine rings is 1. The quantitative estimate of drug-likeness (QED) is 0.689. The van der Waals surface area contributed by atoms with Gasteiger partial charge in [-0.05, 0) is 48.7 Å². The summed E-state index contributed by atoms with van der Waals surface area (Å²) in [4.78, 5) is 16.0. The lowest BCUT2D eigenvalue weighted by molar-refractivity contribution is -0.117. The minimum Gasteiger partial charge on any atom is -0.493 e. The molecule has 1 aromatic carbocycles. The lowest BCUT2D eigenvalue weighted by Gasteiger charge is -2.05. The molecule has 0 saturated carbocycles. The van der Waals surface area contributed by atoms with Crippen molar-refractivity contribution in [2.75, 3.05) is 0 Å². The van der Waals surface area contributed by atoms with E-state index in [9.17, 15) is 9.90 Å². The summed E-state index contributed by atoms with van der Waals surface area (Å²) < 4.78 is 3.98. The van der Waals surface area contributed by atoms with Gasteiger partial charge in [0.1, 0.15) is 0 Å². The maximum atomic E-state index is 10.9. The second-order valence-corrected chi connectivity index (χ2v) is 6.38. The van der Waals surface area contributed by atoms with Gasteiger partial charge >= 0.3 is 0 Å². The third-order valence-electron chi connectivity index (χ3n) is 3.59. The van der Waals surface area contributed by atoms with Crippen LogP contribution >= 0.6 is 11.9 Å². The minimum absolute atomic E-state index is 0.0260. The van der Waals surface area contributed by atoms with Crippen LogP contribution in [0.2, 0.25) is 0 Å². The highest BCUT2D eigenvalue weighted by Crippen LogP contribution is 2.34. The van der Waals surface area contributed by atoms with Gasteiger partial charge in [-0.15, -0.1) is 0 Å². The fraction of sp³-hybridized carbons (Fsp3) is 0.111. The summed E-state index contributed by atoms with van der Waals surface area (Å²) in [7, 11) is 0. The average Bonchev–Trinajstić information content (AvgIpc) is 2.95. The second-order valence-electron chi connectivity index (χ2n) is 5.50. The molecule has 0 bridgehead atoms. The van der Waals surface area contributed by atoms with E-state index in [4.69, 9.17) is 5.26 Å². The van der Waals surface area contributed by atoms with E-state index in [-0.39, 0.29) is 11.8 Å². The zero-order chi connectivity index (χ0) is 18.7.